The molecule has 6 unspecified atom stereocenters. The highest BCUT2D eigenvalue weighted by atomic mass is 16.5. The van der Waals surface area contributed by atoms with Crippen LogP contribution in [0.1, 0.15) is 94.4 Å². The summed E-state index contributed by atoms with van der Waals surface area (Å²) in [5, 5.41) is 14.8. The summed E-state index contributed by atoms with van der Waals surface area (Å²) in [6.07, 6.45) is 12.8. The number of allylic oxidation sites excluding steroid dienone is 5. The summed E-state index contributed by atoms with van der Waals surface area (Å²) >= 11 is 0. The van der Waals surface area contributed by atoms with Gasteiger partial charge in [-0.25, -0.2) is 9.59 Å². The molecule has 0 radical (unpaired) electrons. The maximum Gasteiger partial charge on any atom is 0.340 e. The summed E-state index contributed by atoms with van der Waals surface area (Å²) in [5.74, 6) is 0.875. The number of ether oxygens (including phenoxy) is 2. The molecule has 2 heterocycles. The molecule has 10 rings (SSSR count). The molecule has 2 spiro atoms. The first-order chi connectivity index (χ1) is 25.8. The Kier molecular flexibility index (Phi) is 8.38. The van der Waals surface area contributed by atoms with Crippen LogP contribution in [0.25, 0.3) is 16.7 Å². The normalized spacial score (nSPS) is 30.4. The Bertz CT molecular complexity index is 2140. The lowest BCUT2D eigenvalue weighted by molar-refractivity contribution is -0.136. The van der Waals surface area contributed by atoms with E-state index in [1.54, 1.807) is 6.07 Å². The lowest BCUT2D eigenvalue weighted by Crippen LogP contribution is -2.59. The first-order valence-electron chi connectivity index (χ1n) is 19.8. The van der Waals surface area contributed by atoms with Crippen molar-refractivity contribution in [3.63, 3.8) is 0 Å². The van der Waals surface area contributed by atoms with Crippen LogP contribution < -0.4 is 5.32 Å². The van der Waals surface area contributed by atoms with Crippen LogP contribution in [0.2, 0.25) is 0 Å². The quantitative estimate of drug-likeness (QED) is 0.238. The lowest BCUT2D eigenvalue weighted by Gasteiger charge is -2.63. The number of hydrogen-bond acceptors (Lipinski definition) is 6. The van der Waals surface area contributed by atoms with Crippen molar-refractivity contribution < 1.29 is 24.2 Å². The minimum Gasteiger partial charge on any atom is -0.508 e. The molecule has 6 heteroatoms. The zero-order valence-electron chi connectivity index (χ0n) is 31.0. The van der Waals surface area contributed by atoms with Gasteiger partial charge in [-0.05, 0) is 146 Å². The second kappa shape index (κ2) is 13.0. The Balaban J connectivity index is 1.36. The smallest absolute Gasteiger partial charge is 0.340 e. The van der Waals surface area contributed by atoms with E-state index in [-0.39, 0.29) is 46.9 Å². The molecule has 272 valence electrons. The van der Waals surface area contributed by atoms with Gasteiger partial charge in [-0.1, -0.05) is 74.9 Å². The van der Waals surface area contributed by atoms with E-state index in [2.05, 4.69) is 79.8 Å². The molecule has 1 saturated heterocycles. The highest BCUT2D eigenvalue weighted by molar-refractivity contribution is 6.08. The van der Waals surface area contributed by atoms with Crippen molar-refractivity contribution in [1.29, 1.82) is 0 Å². The fraction of sp³-hybridized carbons (Fsp3) is 0.404. The SMILES string of the molecule is CCCC=C1OC(=O)C2=C1CCC13CCC(NC)c4cccc(c4)-c4ccc(O)cc4C4=C5C(=O)OC(=CC(CC)Cc6ccccc6)C5(CCC41)C23. The van der Waals surface area contributed by atoms with Crippen LogP contribution in [0, 0.1) is 28.6 Å². The zero-order valence-corrected chi connectivity index (χ0v) is 31.0. The fourth-order valence-corrected chi connectivity index (χ4v) is 11.4. The minimum absolute atomic E-state index is 0.0114. The molecule has 1 saturated carbocycles. The van der Waals surface area contributed by atoms with Gasteiger partial charge in [0.25, 0.3) is 0 Å². The molecule has 2 N–H and O–H groups in total. The Morgan fingerprint density at radius 1 is 0.906 bits per heavy atom. The van der Waals surface area contributed by atoms with Gasteiger partial charge in [0, 0.05) is 23.1 Å². The summed E-state index contributed by atoms with van der Waals surface area (Å²) in [7, 11) is 2.04. The number of cyclic esters (lactones) is 2. The van der Waals surface area contributed by atoms with Crippen molar-refractivity contribution >= 4 is 17.5 Å². The predicted molar refractivity (Wildman–Crippen MR) is 206 cm³/mol. The molecule has 7 aliphatic rings. The predicted octanol–water partition coefficient (Wildman–Crippen LogP) is 9.92. The van der Waals surface area contributed by atoms with Gasteiger partial charge in [0.05, 0.1) is 11.0 Å². The molecule has 0 aromatic heterocycles. The van der Waals surface area contributed by atoms with Gasteiger partial charge in [-0.2, -0.15) is 0 Å². The van der Waals surface area contributed by atoms with Crippen LogP contribution in [-0.2, 0) is 25.5 Å². The van der Waals surface area contributed by atoms with E-state index in [9.17, 15) is 14.7 Å². The largest absolute Gasteiger partial charge is 0.508 e. The van der Waals surface area contributed by atoms with Crippen LogP contribution in [0.3, 0.4) is 0 Å². The van der Waals surface area contributed by atoms with E-state index >= 15 is 0 Å². The molecule has 53 heavy (non-hydrogen) atoms. The summed E-state index contributed by atoms with van der Waals surface area (Å²) in [5.41, 5.74) is 7.72. The van der Waals surface area contributed by atoms with Gasteiger partial charge < -0.3 is 19.9 Å². The van der Waals surface area contributed by atoms with Gasteiger partial charge in [-0.15, -0.1) is 0 Å². The molecule has 3 aromatic rings. The second-order valence-corrected chi connectivity index (χ2v) is 16.2. The molecule has 5 aliphatic carbocycles. The van der Waals surface area contributed by atoms with Gasteiger partial charge in [0.15, 0.2) is 0 Å². The first-order valence-corrected chi connectivity index (χ1v) is 19.8. The Hall–Kier alpha value is -4.68. The number of nitrogens with one attached hydrogen (secondary N) is 1. The van der Waals surface area contributed by atoms with E-state index in [0.717, 1.165) is 97.6 Å². The molecular weight excluding hydrogens is 659 g/mol. The third kappa shape index (κ3) is 5.08. The number of phenols is 1. The number of phenolic OH excluding ortho intramolecular Hbond substituents is 1. The molecule has 6 nitrogen and oxygen atoms in total. The Morgan fingerprint density at radius 2 is 1.75 bits per heavy atom. The highest BCUT2D eigenvalue weighted by Gasteiger charge is 2.73. The average Bonchev–Trinajstić information content (AvgIpc) is 3.65. The lowest BCUT2D eigenvalue weighted by atomic mass is 9.37. The second-order valence-electron chi connectivity index (χ2n) is 16.2. The maximum absolute atomic E-state index is 14.8. The van der Waals surface area contributed by atoms with Gasteiger partial charge in [0.1, 0.15) is 17.3 Å². The Morgan fingerprint density at radius 3 is 2.55 bits per heavy atom. The minimum atomic E-state index is -0.837. The van der Waals surface area contributed by atoms with E-state index in [1.165, 1.54) is 11.1 Å². The number of fused-ring (bicyclic) bond motifs is 5. The van der Waals surface area contributed by atoms with E-state index in [4.69, 9.17) is 9.47 Å². The van der Waals surface area contributed by atoms with E-state index < -0.39 is 5.41 Å². The van der Waals surface area contributed by atoms with Gasteiger partial charge in [-0.3, -0.25) is 0 Å². The first kappa shape index (κ1) is 34.1. The molecule has 6 atom stereocenters. The van der Waals surface area contributed by atoms with Crippen LogP contribution in [0.15, 0.2) is 113 Å². The summed E-state index contributed by atoms with van der Waals surface area (Å²) in [6, 6.07) is 25.0. The van der Waals surface area contributed by atoms with Crippen molar-refractivity contribution in [2.45, 2.75) is 84.1 Å². The Labute approximate surface area is 312 Å². The molecular formula is C47H49NO5. The van der Waals surface area contributed by atoms with E-state index in [1.807, 2.05) is 25.2 Å². The average molecular weight is 708 g/mol. The molecule has 3 aromatic carbocycles. The number of esters is 2. The summed E-state index contributed by atoms with van der Waals surface area (Å²) in [4.78, 5) is 29.3. The third-order valence-corrected chi connectivity index (χ3v) is 13.7. The number of carbonyl (C=O) groups is 2. The molecule has 2 aliphatic heterocycles. The van der Waals surface area contributed by atoms with Gasteiger partial charge >= 0.3 is 11.9 Å². The number of unbranched alkanes of at least 4 members (excludes halogenated alkanes) is 1. The van der Waals surface area contributed by atoms with Crippen molar-refractivity contribution in [2.75, 3.05) is 7.05 Å². The molecule has 0 amide bonds. The zero-order chi connectivity index (χ0) is 36.5. The summed E-state index contributed by atoms with van der Waals surface area (Å²) in [6.45, 7) is 4.34. The standard InChI is InChI=1S/C47H49NO5/c1-4-6-15-38-34-18-21-46-22-20-37(48-3)31-14-10-13-30(26-31)33-17-16-32(49)27-35(33)40-36(46)19-23-47(43(46)41(34)44(50)52-38)39(53-45(51)42(40)47)25-28(5-2)24-29-11-8-7-9-12-29/h7-17,25-28,36-37,43,48-49H,4-6,18-24H2,1-3H3. The van der Waals surface area contributed by atoms with Crippen LogP contribution in [0.5, 0.6) is 5.75 Å². The van der Waals surface area contributed by atoms with Crippen LogP contribution in [0.4, 0.5) is 0 Å². The monoisotopic (exact) mass is 707 g/mol. The highest BCUT2D eigenvalue weighted by Crippen LogP contribution is 2.77. The number of aromatic hydroxyl groups is 1. The van der Waals surface area contributed by atoms with Crippen molar-refractivity contribution in [3.8, 4) is 16.9 Å². The number of rotatable bonds is 7. The number of benzene rings is 3. The van der Waals surface area contributed by atoms with Gasteiger partial charge in [0.2, 0.25) is 0 Å². The van der Waals surface area contributed by atoms with Crippen molar-refractivity contribution in [2.24, 2.45) is 28.6 Å². The van der Waals surface area contributed by atoms with Crippen molar-refractivity contribution in [3.05, 3.63) is 130 Å². The maximum atomic E-state index is 14.8. The summed E-state index contributed by atoms with van der Waals surface area (Å²) < 4.78 is 12.8. The van der Waals surface area contributed by atoms with E-state index in [0.29, 0.717) is 17.1 Å². The molecule has 2 fully saturated rings. The molecule has 6 bridgehead atoms. The third-order valence-electron chi connectivity index (χ3n) is 13.7. The fourth-order valence-electron chi connectivity index (χ4n) is 11.4. The topological polar surface area (TPSA) is 84.9 Å². The van der Waals surface area contributed by atoms with Crippen molar-refractivity contribution in [1.82, 2.24) is 5.32 Å². The van der Waals surface area contributed by atoms with Crippen LogP contribution >= 0.6 is 0 Å². The van der Waals surface area contributed by atoms with Crippen LogP contribution in [-0.4, -0.2) is 24.1 Å². The number of hydrogen-bond donors (Lipinski definition) is 2. The number of carbonyl (C=O) groups excluding carboxylic acids is 2.